The predicted molar refractivity (Wildman–Crippen MR) is 84.0 cm³/mol. The number of allylic oxidation sites excluding steroid dienone is 1. The average Bonchev–Trinajstić information content (AvgIpc) is 2.67. The van der Waals surface area contributed by atoms with Gasteiger partial charge in [-0.05, 0) is 68.5 Å². The van der Waals surface area contributed by atoms with Crippen LogP contribution >= 0.6 is 11.6 Å². The largest absolute Gasteiger partial charge is 0.508 e. The van der Waals surface area contributed by atoms with Crippen molar-refractivity contribution in [2.45, 2.75) is 32.2 Å². The van der Waals surface area contributed by atoms with Crippen LogP contribution in [0.2, 0.25) is 5.02 Å². The summed E-state index contributed by atoms with van der Waals surface area (Å²) >= 11 is 6.39. The lowest BCUT2D eigenvalue weighted by molar-refractivity contribution is 0.243. The number of likely N-dealkylation sites (N-methyl/N-ethyl adjacent to an activating group) is 1. The molecule has 1 aromatic rings. The van der Waals surface area contributed by atoms with E-state index in [1.165, 1.54) is 24.8 Å². The van der Waals surface area contributed by atoms with Gasteiger partial charge in [-0.15, -0.1) is 0 Å². The van der Waals surface area contributed by atoms with Crippen LogP contribution in [0.3, 0.4) is 0 Å². The van der Waals surface area contributed by atoms with Crippen molar-refractivity contribution in [2.24, 2.45) is 11.3 Å². The number of benzene rings is 1. The fourth-order valence-electron chi connectivity index (χ4n) is 4.10. The molecule has 20 heavy (non-hydrogen) atoms. The number of nitrogens with zero attached hydrogens (tertiary/aromatic N) is 1. The van der Waals surface area contributed by atoms with E-state index in [4.69, 9.17) is 11.6 Å². The summed E-state index contributed by atoms with van der Waals surface area (Å²) in [7, 11) is 4.27. The van der Waals surface area contributed by atoms with E-state index in [0.29, 0.717) is 17.4 Å². The summed E-state index contributed by atoms with van der Waals surface area (Å²) in [6.07, 6.45) is 6.19. The van der Waals surface area contributed by atoms with Gasteiger partial charge in [-0.1, -0.05) is 24.6 Å². The van der Waals surface area contributed by atoms with Crippen molar-refractivity contribution in [3.8, 4) is 5.75 Å². The minimum absolute atomic E-state index is 0.283. The van der Waals surface area contributed by atoms with Crippen LogP contribution in [0.4, 0.5) is 0 Å². The van der Waals surface area contributed by atoms with E-state index in [1.807, 2.05) is 0 Å². The Hall–Kier alpha value is -0.990. The second-order valence-corrected chi connectivity index (χ2v) is 7.24. The molecule has 0 heterocycles. The molecule has 2 aliphatic carbocycles. The van der Waals surface area contributed by atoms with Crippen LogP contribution in [0, 0.1) is 11.3 Å². The second kappa shape index (κ2) is 4.78. The van der Waals surface area contributed by atoms with E-state index in [0.717, 1.165) is 10.6 Å². The van der Waals surface area contributed by atoms with E-state index in [-0.39, 0.29) is 5.75 Å². The van der Waals surface area contributed by atoms with Crippen LogP contribution < -0.4 is 0 Å². The van der Waals surface area contributed by atoms with Crippen LogP contribution in [0.5, 0.6) is 5.75 Å². The Morgan fingerprint density at radius 2 is 2.10 bits per heavy atom. The third-order valence-electron chi connectivity index (χ3n) is 4.90. The molecule has 2 aliphatic rings. The number of phenolic OH excluding ortho intramolecular Hbond substituents is 1. The van der Waals surface area contributed by atoms with Gasteiger partial charge < -0.3 is 10.0 Å². The van der Waals surface area contributed by atoms with Crippen molar-refractivity contribution in [1.29, 1.82) is 0 Å². The lowest BCUT2D eigenvalue weighted by Crippen LogP contribution is -2.38. The molecule has 0 aliphatic heterocycles. The van der Waals surface area contributed by atoms with Gasteiger partial charge in [-0.2, -0.15) is 0 Å². The molecule has 2 bridgehead atoms. The first kappa shape index (κ1) is 14.0. The van der Waals surface area contributed by atoms with Gasteiger partial charge in [0.05, 0.1) is 0 Å². The van der Waals surface area contributed by atoms with Crippen LogP contribution in [0.25, 0.3) is 5.57 Å². The quantitative estimate of drug-likeness (QED) is 0.883. The third kappa shape index (κ3) is 2.25. The monoisotopic (exact) mass is 291 g/mol. The van der Waals surface area contributed by atoms with Gasteiger partial charge in [0.1, 0.15) is 5.75 Å². The Morgan fingerprint density at radius 3 is 2.80 bits per heavy atom. The van der Waals surface area contributed by atoms with Gasteiger partial charge >= 0.3 is 0 Å². The highest BCUT2D eigenvalue weighted by Gasteiger charge is 2.44. The SMILES string of the molecule is CN(C)C1C(c2cc(O)ccc2Cl)=CC2(C)CCC1C2. The molecule has 0 aromatic heterocycles. The minimum atomic E-state index is 0.283. The van der Waals surface area contributed by atoms with Crippen molar-refractivity contribution in [1.82, 2.24) is 4.90 Å². The minimum Gasteiger partial charge on any atom is -0.508 e. The summed E-state index contributed by atoms with van der Waals surface area (Å²) in [5, 5.41) is 10.5. The Kier molecular flexibility index (Phi) is 3.34. The maximum absolute atomic E-state index is 9.81. The first-order valence-electron chi connectivity index (χ1n) is 7.28. The van der Waals surface area contributed by atoms with Gasteiger partial charge in [0.15, 0.2) is 0 Å². The molecule has 1 fully saturated rings. The average molecular weight is 292 g/mol. The van der Waals surface area contributed by atoms with Crippen LogP contribution in [0.15, 0.2) is 24.3 Å². The highest BCUT2D eigenvalue weighted by molar-refractivity contribution is 6.32. The molecule has 3 atom stereocenters. The summed E-state index contributed by atoms with van der Waals surface area (Å²) < 4.78 is 0. The molecule has 0 spiro atoms. The summed E-state index contributed by atoms with van der Waals surface area (Å²) in [5.41, 5.74) is 2.57. The summed E-state index contributed by atoms with van der Waals surface area (Å²) in [5.74, 6) is 0.972. The Labute approximate surface area is 126 Å². The van der Waals surface area contributed by atoms with Crippen LogP contribution in [0.1, 0.15) is 31.7 Å². The number of hydrogen-bond acceptors (Lipinski definition) is 2. The molecule has 1 aromatic carbocycles. The molecule has 0 saturated heterocycles. The second-order valence-electron chi connectivity index (χ2n) is 6.83. The van der Waals surface area contributed by atoms with Crippen molar-refractivity contribution >= 4 is 17.2 Å². The zero-order valence-electron chi connectivity index (χ0n) is 12.4. The Morgan fingerprint density at radius 1 is 1.35 bits per heavy atom. The first-order chi connectivity index (χ1) is 9.39. The number of hydrogen-bond donors (Lipinski definition) is 1. The predicted octanol–water partition coefficient (Wildman–Crippen LogP) is 4.18. The normalized spacial score (nSPS) is 32.5. The first-order valence-corrected chi connectivity index (χ1v) is 7.65. The maximum Gasteiger partial charge on any atom is 0.116 e. The van der Waals surface area contributed by atoms with E-state index in [1.54, 1.807) is 18.2 Å². The van der Waals surface area contributed by atoms with E-state index in [9.17, 15) is 5.11 Å². The van der Waals surface area contributed by atoms with Gasteiger partial charge in [-0.25, -0.2) is 0 Å². The number of rotatable bonds is 2. The highest BCUT2D eigenvalue weighted by atomic mass is 35.5. The molecule has 2 nitrogen and oxygen atoms in total. The van der Waals surface area contributed by atoms with E-state index in [2.05, 4.69) is 32.0 Å². The number of aromatic hydroxyl groups is 1. The lowest BCUT2D eigenvalue weighted by Gasteiger charge is -2.38. The molecule has 1 saturated carbocycles. The van der Waals surface area contributed by atoms with Crippen LogP contribution in [-0.2, 0) is 0 Å². The number of fused-ring (bicyclic) bond motifs is 2. The maximum atomic E-state index is 9.81. The third-order valence-corrected chi connectivity index (χ3v) is 5.23. The standard InChI is InChI=1S/C17H22ClNO/c1-17-7-6-11(9-17)16(19(2)3)14(10-17)13-8-12(20)4-5-15(13)18/h4-5,8,10-11,16,20H,6-7,9H2,1-3H3. The molecule has 3 heteroatoms. The van der Waals surface area contributed by atoms with Crippen molar-refractivity contribution in [3.05, 3.63) is 34.9 Å². The van der Waals surface area contributed by atoms with Crippen LogP contribution in [-0.4, -0.2) is 30.1 Å². The van der Waals surface area contributed by atoms with Crippen molar-refractivity contribution < 1.29 is 5.11 Å². The lowest BCUT2D eigenvalue weighted by atomic mass is 9.74. The molecule has 0 amide bonds. The van der Waals surface area contributed by atoms with Gasteiger partial charge in [0.25, 0.3) is 0 Å². The molecule has 1 N–H and O–H groups in total. The number of phenols is 1. The van der Waals surface area contributed by atoms with E-state index < -0.39 is 0 Å². The molecule has 0 radical (unpaired) electrons. The van der Waals surface area contributed by atoms with Gasteiger partial charge in [0, 0.05) is 16.6 Å². The Bertz CT molecular complexity index is 566. The summed E-state index contributed by atoms with van der Waals surface area (Å²) in [4.78, 5) is 2.29. The molecular formula is C17H22ClNO. The Balaban J connectivity index is 2.13. The smallest absolute Gasteiger partial charge is 0.116 e. The fourth-order valence-corrected chi connectivity index (χ4v) is 4.33. The fraction of sp³-hybridized carbons (Fsp3) is 0.529. The summed E-state index contributed by atoms with van der Waals surface area (Å²) in [6.45, 7) is 2.34. The van der Waals surface area contributed by atoms with Crippen molar-refractivity contribution in [2.75, 3.05) is 14.1 Å². The molecule has 3 unspecified atom stereocenters. The zero-order valence-corrected chi connectivity index (χ0v) is 13.1. The van der Waals surface area contributed by atoms with Gasteiger partial charge in [-0.3, -0.25) is 0 Å². The highest BCUT2D eigenvalue weighted by Crippen LogP contribution is 2.53. The number of halogens is 1. The zero-order chi connectivity index (χ0) is 14.5. The van der Waals surface area contributed by atoms with E-state index >= 15 is 0 Å². The van der Waals surface area contributed by atoms with Crippen molar-refractivity contribution in [3.63, 3.8) is 0 Å². The topological polar surface area (TPSA) is 23.5 Å². The molecular weight excluding hydrogens is 270 g/mol. The van der Waals surface area contributed by atoms with Gasteiger partial charge in [0.2, 0.25) is 0 Å². The molecule has 3 rings (SSSR count). The molecule has 108 valence electrons. The summed E-state index contributed by atoms with van der Waals surface area (Å²) in [6, 6.07) is 5.64.